The summed E-state index contributed by atoms with van der Waals surface area (Å²) in [5.74, 6) is -2.23. The second kappa shape index (κ2) is 17.9. The highest BCUT2D eigenvalue weighted by Gasteiger charge is 2.38. The molecular formula is C34H47F3N8O5S. The Morgan fingerprint density at radius 2 is 1.67 bits per heavy atom. The van der Waals surface area contributed by atoms with E-state index in [-0.39, 0.29) is 29.7 Å². The van der Waals surface area contributed by atoms with Gasteiger partial charge in [0.1, 0.15) is 17.7 Å². The van der Waals surface area contributed by atoms with E-state index in [1.165, 1.54) is 19.6 Å². The largest absolute Gasteiger partial charge is 0.451 e. The van der Waals surface area contributed by atoms with Gasteiger partial charge >= 0.3 is 12.3 Å². The molecule has 3 amide bonds. The highest BCUT2D eigenvalue weighted by atomic mass is 32.2. The number of halogens is 3. The maximum absolute atomic E-state index is 14.1. The number of imidazole rings is 1. The minimum absolute atomic E-state index is 0.0161. The van der Waals surface area contributed by atoms with Crippen molar-refractivity contribution in [2.24, 2.45) is 13.0 Å². The number of nitrogens with one attached hydrogen (secondary N) is 4. The molecular weight excluding hydrogens is 689 g/mol. The Hall–Kier alpha value is -4.12. The third kappa shape index (κ3) is 12.6. The van der Waals surface area contributed by atoms with E-state index in [0.717, 1.165) is 54.0 Å². The molecule has 1 fully saturated rings. The fraction of sp³-hybridized carbons (Fsp3) is 0.588. The molecule has 0 bridgehead atoms. The van der Waals surface area contributed by atoms with E-state index < -0.39 is 59.7 Å². The smallest absolute Gasteiger partial charge is 0.444 e. The predicted octanol–water partition coefficient (Wildman–Crippen LogP) is 4.33. The normalized spacial score (nSPS) is 16.5. The van der Waals surface area contributed by atoms with Crippen LogP contribution >= 0.6 is 11.8 Å². The van der Waals surface area contributed by atoms with Gasteiger partial charge < -0.3 is 35.3 Å². The van der Waals surface area contributed by atoms with Gasteiger partial charge in [0.25, 0.3) is 0 Å². The van der Waals surface area contributed by atoms with Crippen LogP contribution in [0.3, 0.4) is 0 Å². The van der Waals surface area contributed by atoms with Crippen LogP contribution < -0.4 is 16.0 Å². The molecule has 4 rings (SSSR count). The first-order valence-corrected chi connectivity index (χ1v) is 18.0. The number of rotatable bonds is 15. The first kappa shape index (κ1) is 39.7. The van der Waals surface area contributed by atoms with E-state index >= 15 is 0 Å². The minimum atomic E-state index is -4.69. The van der Waals surface area contributed by atoms with E-state index in [2.05, 4.69) is 36.1 Å². The van der Waals surface area contributed by atoms with E-state index in [9.17, 15) is 32.7 Å². The molecule has 3 aromatic rings. The Bertz CT molecular complexity index is 1560. The Morgan fingerprint density at radius 1 is 1.00 bits per heavy atom. The summed E-state index contributed by atoms with van der Waals surface area (Å²) in [7, 11) is 1.20. The van der Waals surface area contributed by atoms with Gasteiger partial charge in [0.05, 0.1) is 18.5 Å². The fourth-order valence-electron chi connectivity index (χ4n) is 5.95. The summed E-state index contributed by atoms with van der Waals surface area (Å²) < 4.78 is 46.1. The number of carbonyl (C=O) groups is 3. The quantitative estimate of drug-likeness (QED) is 0.142. The van der Waals surface area contributed by atoms with Gasteiger partial charge in [-0.15, -0.1) is 10.2 Å². The second-order valence-electron chi connectivity index (χ2n) is 13.8. The molecule has 0 spiro atoms. The lowest BCUT2D eigenvalue weighted by Crippen LogP contribution is -2.58. The maximum Gasteiger partial charge on any atom is 0.451 e. The summed E-state index contributed by atoms with van der Waals surface area (Å²) in [5, 5.41) is 26.6. The third-order valence-corrected chi connectivity index (χ3v) is 9.60. The number of alkyl halides is 3. The Balaban J connectivity index is 1.53. The predicted molar refractivity (Wildman–Crippen MR) is 183 cm³/mol. The standard InChI is InChI=1S/C34H47F3N8O5S/c1-33(2,3)50-32(49)42-25(16-22-13-9-6-10-14-22)28(47)41-26(17-23-18-38-20-39-23)29(48)40-24(15-21-11-7-5-8-12-21)27(46)19-51-31-44-43-30(45(31)4)34(35,36)37/h6,9-10,13-14,18,20-21,24-27,46H,5,7-8,11-12,15-17,19H2,1-4H3,(H,38,39)(H,40,48)(H,41,47)(H,42,49)/t24-,25-,26-,27+/m0/s1. The minimum Gasteiger partial charge on any atom is -0.444 e. The first-order chi connectivity index (χ1) is 24.1. The molecule has 5 N–H and O–H groups in total. The molecule has 51 heavy (non-hydrogen) atoms. The zero-order valence-corrected chi connectivity index (χ0v) is 30.0. The van der Waals surface area contributed by atoms with E-state index in [1.54, 1.807) is 20.8 Å². The zero-order valence-electron chi connectivity index (χ0n) is 29.2. The van der Waals surface area contributed by atoms with Gasteiger partial charge in [0, 0.05) is 37.5 Å². The number of thioether (sulfide) groups is 1. The number of alkyl carbamates (subject to hydrolysis) is 1. The summed E-state index contributed by atoms with van der Waals surface area (Å²) in [6, 6.07) is 6.02. The van der Waals surface area contributed by atoms with Crippen LogP contribution in [0.15, 0.2) is 48.0 Å². The van der Waals surface area contributed by atoms with Crippen molar-refractivity contribution in [3.05, 3.63) is 59.9 Å². The van der Waals surface area contributed by atoms with Crippen LogP contribution in [-0.4, -0.2) is 83.3 Å². The fourth-order valence-corrected chi connectivity index (χ4v) is 6.88. The summed E-state index contributed by atoms with van der Waals surface area (Å²) in [5.41, 5.74) is 0.500. The molecule has 0 unspecified atom stereocenters. The van der Waals surface area contributed by atoms with Gasteiger partial charge in [-0.2, -0.15) is 13.2 Å². The number of aromatic amines is 1. The number of ether oxygens (including phenoxy) is 1. The monoisotopic (exact) mass is 736 g/mol. The Morgan fingerprint density at radius 3 is 2.27 bits per heavy atom. The number of aliphatic hydroxyl groups is 1. The second-order valence-corrected chi connectivity index (χ2v) is 14.8. The average Bonchev–Trinajstić information content (AvgIpc) is 3.72. The van der Waals surface area contributed by atoms with Gasteiger partial charge in [0.2, 0.25) is 17.6 Å². The van der Waals surface area contributed by atoms with Crippen molar-refractivity contribution in [1.82, 2.24) is 40.7 Å². The summed E-state index contributed by atoms with van der Waals surface area (Å²) in [6.07, 6.45) is 1.82. The van der Waals surface area contributed by atoms with Crippen LogP contribution in [0.5, 0.6) is 0 Å². The SMILES string of the molecule is Cn1c(SC[C@@H](O)[C@H](CC2CCCCC2)NC(=O)[C@H](Cc2cnc[nH]2)NC(=O)[C@H](Cc2ccccc2)NC(=O)OC(C)(C)C)nnc1C(F)(F)F. The van der Waals surface area contributed by atoms with Crippen molar-refractivity contribution in [3.8, 4) is 0 Å². The molecule has 0 aliphatic heterocycles. The molecule has 1 aliphatic carbocycles. The highest BCUT2D eigenvalue weighted by molar-refractivity contribution is 7.99. The maximum atomic E-state index is 14.1. The Kier molecular flexibility index (Phi) is 13.9. The summed E-state index contributed by atoms with van der Waals surface area (Å²) >= 11 is 0.900. The number of hydrogen-bond acceptors (Lipinski definition) is 9. The number of hydrogen-bond donors (Lipinski definition) is 5. The van der Waals surface area contributed by atoms with E-state index in [1.807, 2.05) is 30.3 Å². The molecule has 2 aromatic heterocycles. The first-order valence-electron chi connectivity index (χ1n) is 17.0. The molecule has 1 aliphatic rings. The average molecular weight is 737 g/mol. The van der Waals surface area contributed by atoms with Crippen molar-refractivity contribution in [2.75, 3.05) is 5.75 Å². The zero-order chi connectivity index (χ0) is 37.2. The molecule has 4 atom stereocenters. The number of nitrogens with zero attached hydrogens (tertiary/aromatic N) is 4. The topological polar surface area (TPSA) is 176 Å². The summed E-state index contributed by atoms with van der Waals surface area (Å²) in [6.45, 7) is 5.11. The number of carbonyl (C=O) groups excluding carboxylic acids is 3. The lowest BCUT2D eigenvalue weighted by Gasteiger charge is -2.31. The molecule has 17 heteroatoms. The van der Waals surface area contributed by atoms with Crippen LogP contribution in [0, 0.1) is 5.92 Å². The van der Waals surface area contributed by atoms with Gasteiger partial charge in [-0.3, -0.25) is 9.59 Å². The lowest BCUT2D eigenvalue weighted by atomic mass is 9.83. The number of aliphatic hydroxyl groups excluding tert-OH is 1. The Labute approximate surface area is 299 Å². The van der Waals surface area contributed by atoms with Crippen LogP contribution in [0.2, 0.25) is 0 Å². The van der Waals surface area contributed by atoms with Crippen LogP contribution in [-0.2, 0) is 40.4 Å². The van der Waals surface area contributed by atoms with Crippen molar-refractivity contribution in [3.63, 3.8) is 0 Å². The van der Waals surface area contributed by atoms with Crippen LogP contribution in [0.1, 0.15) is 76.4 Å². The molecule has 2 heterocycles. The lowest BCUT2D eigenvalue weighted by molar-refractivity contribution is -0.147. The van der Waals surface area contributed by atoms with E-state index in [4.69, 9.17) is 4.74 Å². The van der Waals surface area contributed by atoms with Crippen LogP contribution in [0.4, 0.5) is 18.0 Å². The van der Waals surface area contributed by atoms with Crippen molar-refractivity contribution in [2.45, 2.75) is 113 Å². The van der Waals surface area contributed by atoms with Gasteiger partial charge in [-0.05, 0) is 38.7 Å². The molecule has 1 saturated carbocycles. The number of benzene rings is 1. The molecule has 13 nitrogen and oxygen atoms in total. The summed E-state index contributed by atoms with van der Waals surface area (Å²) in [4.78, 5) is 47.7. The molecule has 1 aromatic carbocycles. The molecule has 280 valence electrons. The highest BCUT2D eigenvalue weighted by Crippen LogP contribution is 2.31. The van der Waals surface area contributed by atoms with Crippen molar-refractivity contribution < 1.29 is 37.4 Å². The molecule has 0 radical (unpaired) electrons. The number of amides is 3. The van der Waals surface area contributed by atoms with Crippen LogP contribution in [0.25, 0.3) is 0 Å². The van der Waals surface area contributed by atoms with Crippen molar-refractivity contribution in [1.29, 1.82) is 0 Å². The molecule has 0 saturated heterocycles. The van der Waals surface area contributed by atoms with Gasteiger partial charge in [-0.1, -0.05) is 74.2 Å². The number of H-pyrrole nitrogens is 1. The van der Waals surface area contributed by atoms with Gasteiger partial charge in [-0.25, -0.2) is 9.78 Å². The third-order valence-electron chi connectivity index (χ3n) is 8.48. The van der Waals surface area contributed by atoms with Crippen molar-refractivity contribution >= 4 is 29.7 Å². The van der Waals surface area contributed by atoms with E-state index in [0.29, 0.717) is 12.1 Å². The number of aromatic nitrogens is 5. The van der Waals surface area contributed by atoms with Gasteiger partial charge in [0.15, 0.2) is 5.16 Å².